The van der Waals surface area contributed by atoms with Crippen molar-refractivity contribution in [3.8, 4) is 0 Å². The number of ether oxygens (including phenoxy) is 1. The molecular formula is C13H15N3O4. The van der Waals surface area contributed by atoms with E-state index in [1.807, 2.05) is 0 Å². The number of rotatable bonds is 3. The molecule has 1 aromatic carbocycles. The van der Waals surface area contributed by atoms with Crippen LogP contribution in [-0.2, 0) is 4.74 Å². The van der Waals surface area contributed by atoms with Gasteiger partial charge in [0.05, 0.1) is 30.1 Å². The zero-order valence-corrected chi connectivity index (χ0v) is 10.6. The normalized spacial score (nSPS) is 26.2. The second-order valence-corrected chi connectivity index (χ2v) is 4.80. The molecule has 20 heavy (non-hydrogen) atoms. The summed E-state index contributed by atoms with van der Waals surface area (Å²) >= 11 is 0. The number of nitrogens with two attached hydrogens (primary N) is 1. The lowest BCUT2D eigenvalue weighted by molar-refractivity contribution is -0.0430. The molecule has 2 aromatic rings. The second kappa shape index (κ2) is 4.86. The van der Waals surface area contributed by atoms with Crippen molar-refractivity contribution in [2.75, 3.05) is 6.61 Å². The highest BCUT2D eigenvalue weighted by molar-refractivity contribution is 6.04. The Balaban J connectivity index is 2.02. The number of carbonyl (C=O) groups excluding carboxylic acids is 1. The van der Waals surface area contributed by atoms with E-state index in [-0.39, 0.29) is 6.61 Å². The van der Waals surface area contributed by atoms with Crippen LogP contribution in [0.4, 0.5) is 0 Å². The molecule has 1 aromatic heterocycles. The maximum Gasteiger partial charge on any atom is 0.250 e. The molecule has 0 radical (unpaired) electrons. The van der Waals surface area contributed by atoms with Gasteiger partial charge in [-0.15, -0.1) is 0 Å². The summed E-state index contributed by atoms with van der Waals surface area (Å²) in [5.41, 5.74) is 6.87. The molecule has 3 atom stereocenters. The fraction of sp³-hybridized carbons (Fsp3) is 0.385. The number of aliphatic hydroxyl groups excluding tert-OH is 2. The van der Waals surface area contributed by atoms with Crippen molar-refractivity contribution in [3.63, 3.8) is 0 Å². The molecule has 7 heteroatoms. The van der Waals surface area contributed by atoms with Crippen molar-refractivity contribution >= 4 is 16.9 Å². The van der Waals surface area contributed by atoms with Crippen molar-refractivity contribution in [3.05, 3.63) is 30.1 Å². The average molecular weight is 277 g/mol. The summed E-state index contributed by atoms with van der Waals surface area (Å²) in [6, 6.07) is 5.13. The smallest absolute Gasteiger partial charge is 0.250 e. The topological polar surface area (TPSA) is 111 Å². The predicted molar refractivity (Wildman–Crippen MR) is 69.9 cm³/mol. The van der Waals surface area contributed by atoms with Crippen molar-refractivity contribution in [1.82, 2.24) is 9.55 Å². The van der Waals surface area contributed by atoms with Crippen molar-refractivity contribution in [2.24, 2.45) is 5.73 Å². The van der Waals surface area contributed by atoms with E-state index in [0.717, 1.165) is 0 Å². The van der Waals surface area contributed by atoms with Gasteiger partial charge in [0.15, 0.2) is 0 Å². The quantitative estimate of drug-likeness (QED) is 0.718. The molecule has 106 valence electrons. The zero-order chi connectivity index (χ0) is 14.3. The van der Waals surface area contributed by atoms with Crippen molar-refractivity contribution < 1.29 is 19.7 Å². The minimum atomic E-state index is -0.721. The maximum atomic E-state index is 11.4. The van der Waals surface area contributed by atoms with E-state index in [2.05, 4.69) is 4.98 Å². The number of primary amides is 1. The Morgan fingerprint density at radius 3 is 3.00 bits per heavy atom. The fourth-order valence-electron chi connectivity index (χ4n) is 2.54. The number of aliphatic hydroxyl groups is 2. The van der Waals surface area contributed by atoms with E-state index >= 15 is 0 Å². The third kappa shape index (κ3) is 1.96. The molecule has 1 fully saturated rings. The summed E-state index contributed by atoms with van der Waals surface area (Å²) in [5.74, 6) is -0.540. The Hall–Kier alpha value is -1.96. The highest BCUT2D eigenvalue weighted by atomic mass is 16.5. The third-order valence-electron chi connectivity index (χ3n) is 3.56. The number of imidazole rings is 1. The van der Waals surface area contributed by atoms with Gasteiger partial charge in [-0.3, -0.25) is 4.79 Å². The summed E-state index contributed by atoms with van der Waals surface area (Å²) in [5, 5.41) is 18.9. The first kappa shape index (κ1) is 13.0. The minimum absolute atomic E-state index is 0.239. The highest BCUT2D eigenvalue weighted by Gasteiger charge is 2.35. The van der Waals surface area contributed by atoms with E-state index in [4.69, 9.17) is 15.6 Å². The van der Waals surface area contributed by atoms with Gasteiger partial charge < -0.3 is 25.3 Å². The number of nitrogens with zero attached hydrogens (tertiary/aromatic N) is 2. The molecule has 0 spiro atoms. The summed E-state index contributed by atoms with van der Waals surface area (Å²) in [4.78, 5) is 15.6. The zero-order valence-electron chi connectivity index (χ0n) is 10.6. The number of carbonyl (C=O) groups is 1. The molecule has 0 saturated carbocycles. The molecule has 1 aliphatic rings. The minimum Gasteiger partial charge on any atom is -0.394 e. The van der Waals surface area contributed by atoms with Gasteiger partial charge >= 0.3 is 0 Å². The summed E-state index contributed by atoms with van der Waals surface area (Å²) in [7, 11) is 0. The molecule has 1 aliphatic heterocycles. The van der Waals surface area contributed by atoms with Crippen LogP contribution in [0.15, 0.2) is 24.5 Å². The third-order valence-corrected chi connectivity index (χ3v) is 3.56. The SMILES string of the molecule is NC(=O)c1cccc2c1ncn2C1CC(O)C(CO)O1. The molecule has 7 nitrogen and oxygen atoms in total. The molecule has 0 bridgehead atoms. The maximum absolute atomic E-state index is 11.4. The van der Waals surface area contributed by atoms with Crippen LogP contribution in [0.25, 0.3) is 11.0 Å². The Morgan fingerprint density at radius 2 is 2.35 bits per heavy atom. The Labute approximate surface area is 114 Å². The van der Waals surface area contributed by atoms with Gasteiger partial charge in [-0.1, -0.05) is 6.07 Å². The van der Waals surface area contributed by atoms with E-state index < -0.39 is 24.3 Å². The first-order chi connectivity index (χ1) is 9.61. The fourth-order valence-corrected chi connectivity index (χ4v) is 2.54. The number of hydrogen-bond acceptors (Lipinski definition) is 5. The van der Waals surface area contributed by atoms with Gasteiger partial charge in [0.25, 0.3) is 5.91 Å². The summed E-state index contributed by atoms with van der Waals surface area (Å²) in [6.45, 7) is -0.239. The molecule has 2 heterocycles. The van der Waals surface area contributed by atoms with Crippen LogP contribution in [0.2, 0.25) is 0 Å². The monoisotopic (exact) mass is 277 g/mol. The van der Waals surface area contributed by atoms with Gasteiger partial charge in [0.1, 0.15) is 17.8 Å². The second-order valence-electron chi connectivity index (χ2n) is 4.80. The number of hydrogen-bond donors (Lipinski definition) is 3. The lowest BCUT2D eigenvalue weighted by Crippen LogP contribution is -2.24. The van der Waals surface area contributed by atoms with Crippen LogP contribution in [0.1, 0.15) is 23.0 Å². The summed E-state index contributed by atoms with van der Waals surface area (Å²) < 4.78 is 7.32. The number of benzene rings is 1. The lowest BCUT2D eigenvalue weighted by Gasteiger charge is -2.14. The average Bonchev–Trinajstić information content (AvgIpc) is 3.01. The van der Waals surface area contributed by atoms with E-state index in [9.17, 15) is 9.90 Å². The number of amides is 1. The number of para-hydroxylation sites is 1. The molecular weight excluding hydrogens is 262 g/mol. The largest absolute Gasteiger partial charge is 0.394 e. The van der Waals surface area contributed by atoms with Crippen molar-refractivity contribution in [2.45, 2.75) is 24.9 Å². The van der Waals surface area contributed by atoms with Gasteiger partial charge in [0.2, 0.25) is 0 Å². The Morgan fingerprint density at radius 1 is 1.55 bits per heavy atom. The van der Waals surface area contributed by atoms with Gasteiger partial charge in [0, 0.05) is 6.42 Å². The van der Waals surface area contributed by atoms with Crippen molar-refractivity contribution in [1.29, 1.82) is 0 Å². The van der Waals surface area contributed by atoms with Gasteiger partial charge in [-0.05, 0) is 12.1 Å². The first-order valence-electron chi connectivity index (χ1n) is 6.31. The lowest BCUT2D eigenvalue weighted by atomic mass is 10.1. The van der Waals surface area contributed by atoms with E-state index in [1.165, 1.54) is 0 Å². The molecule has 0 aliphatic carbocycles. The van der Waals surface area contributed by atoms with E-state index in [1.54, 1.807) is 29.1 Å². The van der Waals surface area contributed by atoms with Crippen LogP contribution in [-0.4, -0.2) is 44.5 Å². The first-order valence-corrected chi connectivity index (χ1v) is 6.31. The standard InChI is InChI=1S/C13H15N3O4/c14-13(19)7-2-1-3-8-12(7)15-6-16(8)11-4-9(18)10(5-17)20-11/h1-3,6,9-11,17-18H,4-5H2,(H2,14,19). The van der Waals surface area contributed by atoms with Crippen LogP contribution in [0, 0.1) is 0 Å². The number of aromatic nitrogens is 2. The Bertz CT molecular complexity index is 654. The van der Waals surface area contributed by atoms with Gasteiger partial charge in [-0.25, -0.2) is 4.98 Å². The van der Waals surface area contributed by atoms with Gasteiger partial charge in [-0.2, -0.15) is 0 Å². The highest BCUT2D eigenvalue weighted by Crippen LogP contribution is 2.31. The molecule has 1 saturated heterocycles. The number of fused-ring (bicyclic) bond motifs is 1. The molecule has 3 unspecified atom stereocenters. The van der Waals surface area contributed by atoms with Crippen LogP contribution in [0.3, 0.4) is 0 Å². The van der Waals surface area contributed by atoms with Crippen LogP contribution < -0.4 is 5.73 Å². The predicted octanol–water partition coefficient (Wildman–Crippen LogP) is -0.224. The van der Waals surface area contributed by atoms with Crippen LogP contribution in [0.5, 0.6) is 0 Å². The summed E-state index contributed by atoms with van der Waals surface area (Å²) in [6.07, 6.45) is 0.167. The van der Waals surface area contributed by atoms with E-state index in [0.29, 0.717) is 23.0 Å². The molecule has 1 amide bonds. The van der Waals surface area contributed by atoms with Crippen LogP contribution >= 0.6 is 0 Å². The molecule has 4 N–H and O–H groups in total. The Kier molecular flexibility index (Phi) is 3.17. The molecule has 3 rings (SSSR count).